The number of tetrazole rings is 1. The van der Waals surface area contributed by atoms with E-state index in [-0.39, 0.29) is 5.54 Å². The van der Waals surface area contributed by atoms with E-state index in [1.165, 1.54) is 64.2 Å². The van der Waals surface area contributed by atoms with E-state index < -0.39 is 0 Å². The average molecular weight is 280 g/mol. The van der Waals surface area contributed by atoms with E-state index >= 15 is 0 Å². The van der Waals surface area contributed by atoms with Crippen molar-refractivity contribution in [1.82, 2.24) is 20.2 Å². The monoisotopic (exact) mass is 280 g/mol. The first-order chi connectivity index (χ1) is 9.67. The van der Waals surface area contributed by atoms with Gasteiger partial charge in [-0.25, -0.2) is 4.68 Å². The van der Waals surface area contributed by atoms with Gasteiger partial charge in [0.25, 0.3) is 0 Å². The van der Waals surface area contributed by atoms with Crippen molar-refractivity contribution in [1.29, 1.82) is 0 Å². The van der Waals surface area contributed by atoms with Crippen molar-refractivity contribution in [2.45, 2.75) is 96.9 Å². The Labute approximate surface area is 124 Å². The van der Waals surface area contributed by atoms with E-state index in [2.05, 4.69) is 36.3 Å². The summed E-state index contributed by atoms with van der Waals surface area (Å²) in [7, 11) is 0. The molecule has 0 amide bonds. The van der Waals surface area contributed by atoms with Crippen LogP contribution in [0.25, 0.3) is 0 Å². The average Bonchev–Trinajstić information content (AvgIpc) is 2.96. The van der Waals surface area contributed by atoms with Crippen LogP contribution in [0.15, 0.2) is 6.33 Å². The minimum atomic E-state index is 0.0453. The van der Waals surface area contributed by atoms with Crippen LogP contribution in [0.3, 0.4) is 0 Å². The van der Waals surface area contributed by atoms with Crippen molar-refractivity contribution in [2.24, 2.45) is 0 Å². The molecule has 0 atom stereocenters. The minimum absolute atomic E-state index is 0.0453. The molecule has 116 valence electrons. The summed E-state index contributed by atoms with van der Waals surface area (Å²) < 4.78 is 1.88. The van der Waals surface area contributed by atoms with E-state index in [1.807, 2.05) is 4.68 Å². The summed E-state index contributed by atoms with van der Waals surface area (Å²) in [5.41, 5.74) is 0.0453. The molecule has 0 unspecified atom stereocenters. The summed E-state index contributed by atoms with van der Waals surface area (Å²) in [6.45, 7) is 6.69. The fraction of sp³-hybridized carbons (Fsp3) is 0.938. The van der Waals surface area contributed by atoms with Gasteiger partial charge < -0.3 is 0 Å². The van der Waals surface area contributed by atoms with Crippen LogP contribution >= 0.6 is 0 Å². The molecule has 0 saturated carbocycles. The molecule has 4 nitrogen and oxygen atoms in total. The lowest BCUT2D eigenvalue weighted by molar-refractivity contribution is 0.278. The van der Waals surface area contributed by atoms with Crippen molar-refractivity contribution in [2.75, 3.05) is 0 Å². The molecule has 0 bridgehead atoms. The van der Waals surface area contributed by atoms with Crippen molar-refractivity contribution in [3.05, 3.63) is 6.33 Å². The fourth-order valence-electron chi connectivity index (χ4n) is 2.60. The molecule has 1 aromatic heterocycles. The van der Waals surface area contributed by atoms with Crippen LogP contribution in [-0.2, 0) is 5.54 Å². The van der Waals surface area contributed by atoms with Crippen molar-refractivity contribution >= 4 is 0 Å². The Balaban J connectivity index is 1.94. The Morgan fingerprint density at radius 1 is 0.850 bits per heavy atom. The second-order valence-corrected chi connectivity index (χ2v) is 6.50. The molecule has 0 fully saturated rings. The maximum atomic E-state index is 4.01. The van der Waals surface area contributed by atoms with E-state index in [0.717, 1.165) is 6.42 Å². The number of unbranched alkanes of at least 4 members (excludes halogenated alkanes) is 9. The van der Waals surface area contributed by atoms with Crippen molar-refractivity contribution in [3.63, 3.8) is 0 Å². The van der Waals surface area contributed by atoms with Crippen LogP contribution in [0.2, 0.25) is 0 Å². The van der Waals surface area contributed by atoms with Crippen LogP contribution in [0.1, 0.15) is 91.4 Å². The van der Waals surface area contributed by atoms with Gasteiger partial charge in [0.1, 0.15) is 6.33 Å². The van der Waals surface area contributed by atoms with Gasteiger partial charge in [-0.3, -0.25) is 0 Å². The molecule has 1 heterocycles. The Morgan fingerprint density at radius 2 is 1.40 bits per heavy atom. The lowest BCUT2D eigenvalue weighted by Gasteiger charge is -2.23. The van der Waals surface area contributed by atoms with E-state index in [9.17, 15) is 0 Å². The Kier molecular flexibility index (Phi) is 8.47. The zero-order chi connectivity index (χ0) is 14.7. The topological polar surface area (TPSA) is 43.6 Å². The summed E-state index contributed by atoms with van der Waals surface area (Å²) in [6.07, 6.45) is 16.7. The smallest absolute Gasteiger partial charge is 0.138 e. The molecule has 0 aromatic carbocycles. The van der Waals surface area contributed by atoms with Crippen LogP contribution in [0.4, 0.5) is 0 Å². The summed E-state index contributed by atoms with van der Waals surface area (Å²) in [5, 5.41) is 11.4. The van der Waals surface area contributed by atoms with Gasteiger partial charge in [-0.15, -0.1) is 5.10 Å². The number of nitrogens with zero attached hydrogens (tertiary/aromatic N) is 4. The lowest BCUT2D eigenvalue weighted by atomic mass is 9.96. The predicted octanol–water partition coefficient (Wildman–Crippen LogP) is 4.72. The molecule has 0 aliphatic heterocycles. The highest BCUT2D eigenvalue weighted by molar-refractivity contribution is 4.74. The Bertz CT molecular complexity index is 319. The van der Waals surface area contributed by atoms with E-state index in [4.69, 9.17) is 0 Å². The molecule has 0 radical (unpaired) electrons. The summed E-state index contributed by atoms with van der Waals surface area (Å²) in [4.78, 5) is 0. The molecule has 0 saturated heterocycles. The molecule has 0 aliphatic carbocycles. The molecule has 0 N–H and O–H groups in total. The minimum Gasteiger partial charge on any atom is -0.227 e. The van der Waals surface area contributed by atoms with Gasteiger partial charge in [-0.1, -0.05) is 71.1 Å². The molecule has 20 heavy (non-hydrogen) atoms. The van der Waals surface area contributed by atoms with Crippen LogP contribution in [0, 0.1) is 0 Å². The van der Waals surface area contributed by atoms with Crippen LogP contribution in [-0.4, -0.2) is 20.2 Å². The molecule has 1 rings (SSSR count). The normalized spacial score (nSPS) is 11.9. The van der Waals surface area contributed by atoms with Gasteiger partial charge in [-0.05, 0) is 30.7 Å². The zero-order valence-corrected chi connectivity index (χ0v) is 13.6. The first kappa shape index (κ1) is 17.1. The second kappa shape index (κ2) is 9.89. The quantitative estimate of drug-likeness (QED) is 0.520. The molecule has 1 aromatic rings. The number of hydrogen-bond donors (Lipinski definition) is 0. The second-order valence-electron chi connectivity index (χ2n) is 6.50. The fourth-order valence-corrected chi connectivity index (χ4v) is 2.60. The highest BCUT2D eigenvalue weighted by Gasteiger charge is 2.20. The van der Waals surface area contributed by atoms with Gasteiger partial charge in [0.2, 0.25) is 0 Å². The third-order valence-electron chi connectivity index (χ3n) is 4.11. The highest BCUT2D eigenvalue weighted by Crippen LogP contribution is 2.21. The molecule has 0 spiro atoms. The summed E-state index contributed by atoms with van der Waals surface area (Å²) >= 11 is 0. The Hall–Kier alpha value is -0.930. The maximum absolute atomic E-state index is 4.01. The standard InChI is InChI=1S/C16H32N4/c1-4-5-6-7-8-9-10-11-12-13-14-16(2,3)20-15-17-18-19-20/h15H,4-14H2,1-3H3. The number of hydrogen-bond acceptors (Lipinski definition) is 3. The summed E-state index contributed by atoms with van der Waals surface area (Å²) in [6, 6.07) is 0. The lowest BCUT2D eigenvalue weighted by Crippen LogP contribution is -2.26. The first-order valence-corrected chi connectivity index (χ1v) is 8.40. The third kappa shape index (κ3) is 7.01. The first-order valence-electron chi connectivity index (χ1n) is 8.40. The van der Waals surface area contributed by atoms with Crippen LogP contribution < -0.4 is 0 Å². The van der Waals surface area contributed by atoms with Crippen molar-refractivity contribution in [3.8, 4) is 0 Å². The molecule has 4 heteroatoms. The van der Waals surface area contributed by atoms with E-state index in [0.29, 0.717) is 0 Å². The van der Waals surface area contributed by atoms with Gasteiger partial charge >= 0.3 is 0 Å². The molecule has 0 aliphatic rings. The van der Waals surface area contributed by atoms with Crippen LogP contribution in [0.5, 0.6) is 0 Å². The zero-order valence-electron chi connectivity index (χ0n) is 13.6. The van der Waals surface area contributed by atoms with Crippen molar-refractivity contribution < 1.29 is 0 Å². The predicted molar refractivity (Wildman–Crippen MR) is 83.6 cm³/mol. The molecular weight excluding hydrogens is 248 g/mol. The number of rotatable bonds is 12. The van der Waals surface area contributed by atoms with Gasteiger partial charge in [0, 0.05) is 0 Å². The largest absolute Gasteiger partial charge is 0.227 e. The van der Waals surface area contributed by atoms with Gasteiger partial charge in [0.15, 0.2) is 0 Å². The van der Waals surface area contributed by atoms with E-state index in [1.54, 1.807) is 6.33 Å². The van der Waals surface area contributed by atoms with Gasteiger partial charge in [0.05, 0.1) is 5.54 Å². The molecular formula is C16H32N4. The summed E-state index contributed by atoms with van der Waals surface area (Å²) in [5.74, 6) is 0. The Morgan fingerprint density at radius 3 is 1.90 bits per heavy atom. The highest BCUT2D eigenvalue weighted by atomic mass is 15.5. The SMILES string of the molecule is CCCCCCCCCCCCC(C)(C)n1cnnn1. The maximum Gasteiger partial charge on any atom is 0.138 e. The number of aromatic nitrogens is 4. The van der Waals surface area contributed by atoms with Gasteiger partial charge in [-0.2, -0.15) is 0 Å². The third-order valence-corrected chi connectivity index (χ3v) is 4.11.